The first-order chi connectivity index (χ1) is 9.52. The van der Waals surface area contributed by atoms with Crippen LogP contribution in [0.1, 0.15) is 40.8 Å². The number of nitrogens with one attached hydrogen (secondary N) is 1. The summed E-state index contributed by atoms with van der Waals surface area (Å²) in [5.74, 6) is -2.15. The van der Waals surface area contributed by atoms with Crippen LogP contribution in [-0.4, -0.2) is 15.5 Å². The van der Waals surface area contributed by atoms with Gasteiger partial charge >= 0.3 is 0 Å². The number of aromatic nitrogens is 2. The second kappa shape index (κ2) is 6.04. The number of amides is 1. The van der Waals surface area contributed by atoms with E-state index in [0.717, 1.165) is 23.7 Å². The largest absolute Gasteiger partial charge is 0.345 e. The lowest BCUT2D eigenvalue weighted by molar-refractivity contribution is 0.0943. The molecule has 0 saturated heterocycles. The molecule has 20 heavy (non-hydrogen) atoms. The molecule has 0 aliphatic rings. The first-order valence-electron chi connectivity index (χ1n) is 6.10. The fourth-order valence-corrected chi connectivity index (χ4v) is 2.39. The summed E-state index contributed by atoms with van der Waals surface area (Å²) < 4.78 is 29.8. The van der Waals surface area contributed by atoms with Crippen LogP contribution in [0.4, 0.5) is 8.78 Å². The number of benzene rings is 1. The van der Waals surface area contributed by atoms with Crippen molar-refractivity contribution in [2.45, 2.75) is 26.3 Å². The van der Waals surface area contributed by atoms with Crippen LogP contribution in [0.25, 0.3) is 0 Å². The van der Waals surface area contributed by atoms with Crippen LogP contribution in [0.3, 0.4) is 0 Å². The lowest BCUT2D eigenvalue weighted by Gasteiger charge is -2.14. The molecule has 0 aliphatic carbocycles. The molecule has 1 amide bonds. The molecule has 1 unspecified atom stereocenters. The zero-order valence-electron chi connectivity index (χ0n) is 11.0. The Morgan fingerprint density at radius 3 is 2.80 bits per heavy atom. The monoisotopic (exact) mass is 297 g/mol. The molecule has 2 aromatic rings. The predicted octanol–water partition coefficient (Wildman–Crippen LogP) is 2.87. The Morgan fingerprint density at radius 2 is 2.15 bits per heavy atom. The normalized spacial score (nSPS) is 12.2. The SMILES string of the molecule is CCc1nnsc1C(=O)NC(C)c1ccc(F)c(F)c1. The Morgan fingerprint density at radius 1 is 1.40 bits per heavy atom. The molecule has 1 atom stereocenters. The lowest BCUT2D eigenvalue weighted by Crippen LogP contribution is -2.26. The molecule has 4 nitrogen and oxygen atoms in total. The molecular formula is C13H13F2N3OS. The van der Waals surface area contributed by atoms with Gasteiger partial charge in [-0.2, -0.15) is 0 Å². The number of carbonyl (C=O) groups is 1. The molecule has 1 aromatic heterocycles. The molecule has 1 heterocycles. The van der Waals surface area contributed by atoms with Crippen molar-refractivity contribution >= 4 is 17.4 Å². The van der Waals surface area contributed by atoms with Crippen molar-refractivity contribution < 1.29 is 13.6 Å². The highest BCUT2D eigenvalue weighted by molar-refractivity contribution is 7.08. The molecule has 0 bridgehead atoms. The Balaban J connectivity index is 2.13. The van der Waals surface area contributed by atoms with Gasteiger partial charge in [0.1, 0.15) is 4.88 Å². The summed E-state index contributed by atoms with van der Waals surface area (Å²) in [6.07, 6.45) is 0.610. The zero-order chi connectivity index (χ0) is 14.7. The number of rotatable bonds is 4. The van der Waals surface area contributed by atoms with E-state index >= 15 is 0 Å². The molecule has 7 heteroatoms. The summed E-state index contributed by atoms with van der Waals surface area (Å²) in [4.78, 5) is 12.5. The molecule has 0 saturated carbocycles. The fraction of sp³-hybridized carbons (Fsp3) is 0.308. The molecule has 106 valence electrons. The van der Waals surface area contributed by atoms with Crippen LogP contribution in [0.15, 0.2) is 18.2 Å². The molecule has 2 rings (SSSR count). The van der Waals surface area contributed by atoms with Gasteiger partial charge in [-0.1, -0.05) is 17.5 Å². The van der Waals surface area contributed by atoms with E-state index in [1.165, 1.54) is 6.07 Å². The van der Waals surface area contributed by atoms with Gasteiger partial charge in [-0.05, 0) is 42.6 Å². The number of nitrogens with zero attached hydrogens (tertiary/aromatic N) is 2. The van der Waals surface area contributed by atoms with E-state index in [1.807, 2.05) is 6.92 Å². The first kappa shape index (κ1) is 14.5. The zero-order valence-corrected chi connectivity index (χ0v) is 11.8. The second-order valence-electron chi connectivity index (χ2n) is 4.27. The van der Waals surface area contributed by atoms with E-state index < -0.39 is 17.7 Å². The standard InChI is InChI=1S/C13H13F2N3OS/c1-3-11-12(20-18-17-11)13(19)16-7(2)8-4-5-9(14)10(15)6-8/h4-7H,3H2,1-2H3,(H,16,19). The van der Waals surface area contributed by atoms with E-state index in [2.05, 4.69) is 14.9 Å². The number of hydrogen-bond acceptors (Lipinski definition) is 4. The minimum Gasteiger partial charge on any atom is -0.345 e. The van der Waals surface area contributed by atoms with Gasteiger partial charge in [0.15, 0.2) is 11.6 Å². The van der Waals surface area contributed by atoms with Crippen molar-refractivity contribution in [1.82, 2.24) is 14.9 Å². The summed E-state index contributed by atoms with van der Waals surface area (Å²) in [7, 11) is 0. The topological polar surface area (TPSA) is 54.9 Å². The summed E-state index contributed by atoms with van der Waals surface area (Å²) in [5.41, 5.74) is 1.12. The summed E-state index contributed by atoms with van der Waals surface area (Å²) >= 11 is 1.02. The van der Waals surface area contributed by atoms with Crippen molar-refractivity contribution in [2.24, 2.45) is 0 Å². The Hall–Kier alpha value is -1.89. The molecular weight excluding hydrogens is 284 g/mol. The van der Waals surface area contributed by atoms with Gasteiger partial charge in [0, 0.05) is 0 Å². The van der Waals surface area contributed by atoms with Gasteiger partial charge < -0.3 is 5.32 Å². The van der Waals surface area contributed by atoms with Gasteiger partial charge in [0.05, 0.1) is 11.7 Å². The van der Waals surface area contributed by atoms with Crippen molar-refractivity contribution in [3.05, 3.63) is 46.0 Å². The third kappa shape index (κ3) is 2.98. The van der Waals surface area contributed by atoms with Gasteiger partial charge in [0.2, 0.25) is 0 Å². The Kier molecular flexibility index (Phi) is 4.39. The maximum atomic E-state index is 13.2. The van der Waals surface area contributed by atoms with Crippen LogP contribution in [0, 0.1) is 11.6 Å². The summed E-state index contributed by atoms with van der Waals surface area (Å²) in [6, 6.07) is 3.12. The third-order valence-corrected chi connectivity index (χ3v) is 3.66. The smallest absolute Gasteiger partial charge is 0.265 e. The van der Waals surface area contributed by atoms with Crippen LogP contribution in [-0.2, 0) is 6.42 Å². The van der Waals surface area contributed by atoms with Gasteiger partial charge in [-0.3, -0.25) is 4.79 Å². The van der Waals surface area contributed by atoms with Gasteiger partial charge in [-0.15, -0.1) is 5.10 Å². The summed E-state index contributed by atoms with van der Waals surface area (Å²) in [5, 5.41) is 6.58. The molecule has 0 aliphatic heterocycles. The predicted molar refractivity (Wildman–Crippen MR) is 71.5 cm³/mol. The highest BCUT2D eigenvalue weighted by Crippen LogP contribution is 2.18. The molecule has 1 aromatic carbocycles. The second-order valence-corrected chi connectivity index (χ2v) is 5.03. The van der Waals surface area contributed by atoms with Crippen molar-refractivity contribution in [1.29, 1.82) is 0 Å². The number of halogens is 2. The fourth-order valence-electron chi connectivity index (χ4n) is 1.74. The van der Waals surface area contributed by atoms with E-state index in [1.54, 1.807) is 6.92 Å². The van der Waals surface area contributed by atoms with Crippen molar-refractivity contribution in [3.63, 3.8) is 0 Å². The van der Waals surface area contributed by atoms with Crippen molar-refractivity contribution in [3.8, 4) is 0 Å². The average Bonchev–Trinajstić information content (AvgIpc) is 2.90. The molecule has 0 fully saturated rings. The Labute approximate surface area is 119 Å². The summed E-state index contributed by atoms with van der Waals surface area (Å²) in [6.45, 7) is 3.58. The van der Waals surface area contributed by atoms with E-state index in [-0.39, 0.29) is 5.91 Å². The molecule has 0 spiro atoms. The minimum absolute atomic E-state index is 0.311. The molecule has 0 radical (unpaired) electrons. The van der Waals surface area contributed by atoms with E-state index in [4.69, 9.17) is 0 Å². The van der Waals surface area contributed by atoms with E-state index in [9.17, 15) is 13.6 Å². The lowest BCUT2D eigenvalue weighted by atomic mass is 10.1. The highest BCUT2D eigenvalue weighted by Gasteiger charge is 2.18. The average molecular weight is 297 g/mol. The van der Waals surface area contributed by atoms with E-state index in [0.29, 0.717) is 22.6 Å². The number of hydrogen-bond donors (Lipinski definition) is 1. The number of aryl methyl sites for hydroxylation is 1. The third-order valence-electron chi connectivity index (χ3n) is 2.89. The van der Waals surface area contributed by atoms with Gasteiger partial charge in [0.25, 0.3) is 5.91 Å². The highest BCUT2D eigenvalue weighted by atomic mass is 32.1. The van der Waals surface area contributed by atoms with Gasteiger partial charge in [-0.25, -0.2) is 8.78 Å². The van der Waals surface area contributed by atoms with Crippen LogP contribution in [0.2, 0.25) is 0 Å². The Bertz CT molecular complexity index is 630. The maximum absolute atomic E-state index is 13.2. The first-order valence-corrected chi connectivity index (χ1v) is 6.87. The van der Waals surface area contributed by atoms with Crippen LogP contribution in [0.5, 0.6) is 0 Å². The van der Waals surface area contributed by atoms with Crippen LogP contribution >= 0.6 is 11.5 Å². The van der Waals surface area contributed by atoms with Crippen molar-refractivity contribution in [2.75, 3.05) is 0 Å². The number of carbonyl (C=O) groups excluding carboxylic acids is 1. The quantitative estimate of drug-likeness (QED) is 0.944. The van der Waals surface area contributed by atoms with Crippen LogP contribution < -0.4 is 5.32 Å². The molecule has 1 N–H and O–H groups in total. The minimum atomic E-state index is -0.933. The maximum Gasteiger partial charge on any atom is 0.265 e.